The molecule has 1 atom stereocenters. The molecule has 1 heterocycles. The predicted octanol–water partition coefficient (Wildman–Crippen LogP) is 1.64. The molecule has 1 aliphatic rings. The summed E-state index contributed by atoms with van der Waals surface area (Å²) in [5.74, 6) is 1.53. The molecule has 0 bridgehead atoms. The Hall–Kier alpha value is -0.210. The molecule has 0 N–H and O–H groups in total. The van der Waals surface area contributed by atoms with Crippen LogP contribution in [0.4, 0.5) is 0 Å². The van der Waals surface area contributed by atoms with Gasteiger partial charge in [0.1, 0.15) is 5.82 Å². The quantitative estimate of drug-likeness (QED) is 0.382. The molecular weight excluding hydrogens is 175 g/mol. The van der Waals surface area contributed by atoms with Crippen LogP contribution in [0.5, 0.6) is 0 Å². The van der Waals surface area contributed by atoms with E-state index < -0.39 is 7.94 Å². The van der Waals surface area contributed by atoms with E-state index in [-0.39, 0.29) is 0 Å². The van der Waals surface area contributed by atoms with Gasteiger partial charge in [0.05, 0.1) is 13.2 Å². The molecule has 12 heavy (non-hydrogen) atoms. The molecule has 0 saturated heterocycles. The minimum absolute atomic E-state index is 0.408. The highest BCUT2D eigenvalue weighted by molar-refractivity contribution is 7.62. The molecule has 1 unspecified atom stereocenters. The van der Waals surface area contributed by atoms with E-state index in [2.05, 4.69) is 6.58 Å². The van der Waals surface area contributed by atoms with Crippen molar-refractivity contribution in [2.75, 3.05) is 13.2 Å². The van der Waals surface area contributed by atoms with Crippen LogP contribution in [0.15, 0.2) is 24.5 Å². The average Bonchev–Trinajstić information content (AvgIpc) is 2.06. The van der Waals surface area contributed by atoms with Gasteiger partial charge in [0.2, 0.25) is 0 Å². The summed E-state index contributed by atoms with van der Waals surface area (Å²) >= 11 is 0. The fourth-order valence-corrected chi connectivity index (χ4v) is 2.21. The maximum atomic E-state index is 11.5. The fraction of sp³-hybridized carbons (Fsp3) is 0.500. The van der Waals surface area contributed by atoms with Crippen molar-refractivity contribution in [1.29, 1.82) is 0 Å². The lowest BCUT2D eigenvalue weighted by Crippen LogP contribution is -2.17. The molecule has 0 aromatic rings. The summed E-state index contributed by atoms with van der Waals surface area (Å²) in [5, 5.41) is 0. The molecular formula is C8H13O3P. The first kappa shape index (κ1) is 9.87. The summed E-state index contributed by atoms with van der Waals surface area (Å²) in [7, 11) is -2.87. The van der Waals surface area contributed by atoms with Crippen molar-refractivity contribution in [2.45, 2.75) is 12.8 Å². The van der Waals surface area contributed by atoms with E-state index in [0.717, 1.165) is 6.42 Å². The van der Waals surface area contributed by atoms with Crippen LogP contribution in [0.25, 0.3) is 0 Å². The molecule has 0 spiro atoms. The smallest absolute Gasteiger partial charge is 0.263 e. The lowest BCUT2D eigenvalue weighted by atomic mass is 10.5. The van der Waals surface area contributed by atoms with Crippen LogP contribution in [0, 0.1) is 0 Å². The van der Waals surface area contributed by atoms with E-state index in [1.807, 2.05) is 6.08 Å². The highest BCUT2D eigenvalue weighted by Gasteiger charge is 2.28. The van der Waals surface area contributed by atoms with Crippen LogP contribution in [0.3, 0.4) is 0 Å². The standard InChI is InChI=1S/C8H13O3P/c1-2-3-6-10-12(9)8-5-4-7-11-12/h2,5,8H,1,3-4,6-7H2. The molecule has 3 nitrogen and oxygen atoms in total. The van der Waals surface area contributed by atoms with E-state index in [4.69, 9.17) is 9.05 Å². The minimum Gasteiger partial charge on any atom is -0.628 e. The van der Waals surface area contributed by atoms with Gasteiger partial charge >= 0.3 is 0 Å². The summed E-state index contributed by atoms with van der Waals surface area (Å²) in [6.07, 6.45) is 5.06. The third-order valence-electron chi connectivity index (χ3n) is 1.44. The normalized spacial score (nSPS) is 28.8. The van der Waals surface area contributed by atoms with Gasteiger partial charge in [0, 0.05) is 0 Å². The Balaban J connectivity index is 2.31. The van der Waals surface area contributed by atoms with Gasteiger partial charge in [-0.15, -0.1) is 6.58 Å². The highest BCUT2D eigenvalue weighted by Crippen LogP contribution is 2.55. The van der Waals surface area contributed by atoms with Crippen molar-refractivity contribution < 1.29 is 13.9 Å². The first-order valence-corrected chi connectivity index (χ1v) is 5.55. The topological polar surface area (TPSA) is 41.5 Å². The summed E-state index contributed by atoms with van der Waals surface area (Å²) in [5.41, 5.74) is 0. The second-order valence-electron chi connectivity index (χ2n) is 2.46. The first-order valence-electron chi connectivity index (χ1n) is 3.94. The SMILES string of the molecule is C=CCCO[P+]1([O-])C=CCCO1. The van der Waals surface area contributed by atoms with Gasteiger partial charge in [-0.25, -0.2) is 9.05 Å². The average molecular weight is 188 g/mol. The van der Waals surface area contributed by atoms with Crippen molar-refractivity contribution in [3.8, 4) is 0 Å². The zero-order valence-electron chi connectivity index (χ0n) is 6.94. The number of hydrogen-bond acceptors (Lipinski definition) is 3. The van der Waals surface area contributed by atoms with Gasteiger partial charge in [-0.1, -0.05) is 6.08 Å². The fourth-order valence-electron chi connectivity index (χ4n) is 0.838. The maximum Gasteiger partial charge on any atom is 0.263 e. The predicted molar refractivity (Wildman–Crippen MR) is 47.4 cm³/mol. The molecule has 4 heteroatoms. The summed E-state index contributed by atoms with van der Waals surface area (Å²) in [6, 6.07) is 0. The monoisotopic (exact) mass is 188 g/mol. The molecule has 68 valence electrons. The van der Waals surface area contributed by atoms with Crippen LogP contribution in [-0.4, -0.2) is 13.2 Å². The minimum atomic E-state index is -2.87. The first-order chi connectivity index (χ1) is 5.77. The Labute approximate surface area is 73.3 Å². The Kier molecular flexibility index (Phi) is 3.89. The van der Waals surface area contributed by atoms with Crippen LogP contribution in [-0.2, 0) is 9.05 Å². The van der Waals surface area contributed by atoms with Crippen molar-refractivity contribution in [3.05, 3.63) is 24.5 Å². The molecule has 1 rings (SSSR count). The van der Waals surface area contributed by atoms with Gasteiger partial charge in [0.15, 0.2) is 0 Å². The zero-order valence-corrected chi connectivity index (χ0v) is 7.83. The second kappa shape index (κ2) is 4.73. The van der Waals surface area contributed by atoms with Gasteiger partial charge in [-0.05, 0) is 18.9 Å². The third kappa shape index (κ3) is 3.03. The third-order valence-corrected chi connectivity index (χ3v) is 3.10. The Bertz CT molecular complexity index is 181. The Morgan fingerprint density at radius 3 is 3.17 bits per heavy atom. The van der Waals surface area contributed by atoms with E-state index in [0.29, 0.717) is 19.6 Å². The molecule has 1 aliphatic heterocycles. The van der Waals surface area contributed by atoms with Gasteiger partial charge < -0.3 is 4.89 Å². The van der Waals surface area contributed by atoms with E-state index >= 15 is 0 Å². The van der Waals surface area contributed by atoms with Gasteiger partial charge in [-0.2, -0.15) is 0 Å². The Morgan fingerprint density at radius 1 is 1.75 bits per heavy atom. The molecule has 0 radical (unpaired) electrons. The second-order valence-corrected chi connectivity index (χ2v) is 4.35. The van der Waals surface area contributed by atoms with E-state index in [9.17, 15) is 4.89 Å². The summed E-state index contributed by atoms with van der Waals surface area (Å²) < 4.78 is 10.1. The van der Waals surface area contributed by atoms with Gasteiger partial charge in [-0.3, -0.25) is 0 Å². The van der Waals surface area contributed by atoms with E-state index in [1.165, 1.54) is 5.82 Å². The summed E-state index contributed by atoms with van der Waals surface area (Å²) in [6.45, 7) is 4.43. The summed E-state index contributed by atoms with van der Waals surface area (Å²) in [4.78, 5) is 11.5. The number of rotatable bonds is 4. The zero-order chi connectivity index (χ0) is 8.86. The largest absolute Gasteiger partial charge is 0.628 e. The molecule has 0 fully saturated rings. The van der Waals surface area contributed by atoms with Crippen LogP contribution < -0.4 is 4.89 Å². The lowest BCUT2D eigenvalue weighted by molar-refractivity contribution is -0.215. The highest BCUT2D eigenvalue weighted by atomic mass is 31.2. The van der Waals surface area contributed by atoms with Crippen molar-refractivity contribution in [2.24, 2.45) is 0 Å². The molecule has 0 amide bonds. The number of hydrogen-bond donors (Lipinski definition) is 0. The van der Waals surface area contributed by atoms with Crippen LogP contribution in [0.1, 0.15) is 12.8 Å². The molecule has 0 aromatic carbocycles. The van der Waals surface area contributed by atoms with Crippen molar-refractivity contribution >= 4 is 7.94 Å². The van der Waals surface area contributed by atoms with Crippen molar-refractivity contribution in [1.82, 2.24) is 0 Å². The Morgan fingerprint density at radius 2 is 2.58 bits per heavy atom. The lowest BCUT2D eigenvalue weighted by Gasteiger charge is -2.25. The molecule has 0 aromatic heterocycles. The van der Waals surface area contributed by atoms with E-state index in [1.54, 1.807) is 6.08 Å². The van der Waals surface area contributed by atoms with Crippen molar-refractivity contribution in [3.63, 3.8) is 0 Å². The van der Waals surface area contributed by atoms with Crippen LogP contribution >= 0.6 is 7.94 Å². The van der Waals surface area contributed by atoms with Crippen LogP contribution in [0.2, 0.25) is 0 Å². The molecule has 0 aliphatic carbocycles. The molecule has 0 saturated carbocycles. The maximum absolute atomic E-state index is 11.5. The van der Waals surface area contributed by atoms with Gasteiger partial charge in [0.25, 0.3) is 7.94 Å².